The van der Waals surface area contributed by atoms with E-state index in [4.69, 9.17) is 16.3 Å². The highest BCUT2D eigenvalue weighted by molar-refractivity contribution is 6.16. The second-order valence-corrected chi connectivity index (χ2v) is 3.72. The number of alkyl halides is 1. The van der Waals surface area contributed by atoms with Crippen LogP contribution in [-0.2, 0) is 16.2 Å². The molecule has 0 N–H and O–H groups in total. The van der Waals surface area contributed by atoms with Gasteiger partial charge in [-0.05, 0) is 26.8 Å². The fraction of sp³-hybridized carbons (Fsp3) is 0.600. The Hall–Kier alpha value is -0.670. The first-order valence-corrected chi connectivity index (χ1v) is 5.16. The molecule has 0 unspecified atom stereocenters. The molecule has 1 rings (SSSR count). The summed E-state index contributed by atoms with van der Waals surface area (Å²) in [7, 11) is 0. The summed E-state index contributed by atoms with van der Waals surface area (Å²) in [5.74, 6) is 1.08. The number of hydrogen-bond acceptors (Lipinski definition) is 3. The van der Waals surface area contributed by atoms with Crippen LogP contribution in [0.2, 0.25) is 0 Å². The third kappa shape index (κ3) is 2.66. The highest BCUT2D eigenvalue weighted by Gasteiger charge is 2.23. The van der Waals surface area contributed by atoms with E-state index >= 15 is 0 Å². The smallest absolute Gasteiger partial charge is 0.159 e. The third-order valence-electron chi connectivity index (χ3n) is 1.89. The van der Waals surface area contributed by atoms with Crippen molar-refractivity contribution in [3.8, 4) is 0 Å². The summed E-state index contributed by atoms with van der Waals surface area (Å²) in [5, 5.41) is 0. The van der Waals surface area contributed by atoms with Gasteiger partial charge < -0.3 is 4.74 Å². The minimum Gasteiger partial charge on any atom is -0.368 e. The van der Waals surface area contributed by atoms with Gasteiger partial charge in [-0.25, -0.2) is 9.97 Å². The van der Waals surface area contributed by atoms with E-state index in [1.165, 1.54) is 0 Å². The van der Waals surface area contributed by atoms with Crippen molar-refractivity contribution in [3.63, 3.8) is 0 Å². The minimum absolute atomic E-state index is 0.401. The fourth-order valence-electron chi connectivity index (χ4n) is 1.19. The first-order chi connectivity index (χ1) is 6.60. The van der Waals surface area contributed by atoms with Crippen molar-refractivity contribution in [3.05, 3.63) is 23.8 Å². The normalized spacial score (nSPS) is 11.7. The van der Waals surface area contributed by atoms with Crippen LogP contribution in [-0.4, -0.2) is 16.6 Å². The van der Waals surface area contributed by atoms with Gasteiger partial charge in [0.25, 0.3) is 0 Å². The first kappa shape index (κ1) is 11.4. The van der Waals surface area contributed by atoms with Gasteiger partial charge in [0.05, 0.1) is 11.6 Å². The van der Waals surface area contributed by atoms with E-state index < -0.39 is 5.60 Å². The molecule has 0 aromatic carbocycles. The largest absolute Gasteiger partial charge is 0.368 e. The molecular weight excluding hydrogens is 200 g/mol. The van der Waals surface area contributed by atoms with Crippen molar-refractivity contribution in [2.24, 2.45) is 0 Å². The van der Waals surface area contributed by atoms with E-state index in [2.05, 4.69) is 9.97 Å². The van der Waals surface area contributed by atoms with Crippen LogP contribution < -0.4 is 0 Å². The minimum atomic E-state index is -0.448. The molecule has 1 heterocycles. The Morgan fingerprint density at radius 2 is 2.21 bits per heavy atom. The molecule has 0 aliphatic rings. The maximum atomic E-state index is 5.69. The summed E-state index contributed by atoms with van der Waals surface area (Å²) in [4.78, 5) is 8.50. The molecule has 0 saturated heterocycles. The van der Waals surface area contributed by atoms with Crippen molar-refractivity contribution in [1.29, 1.82) is 0 Å². The van der Waals surface area contributed by atoms with Crippen LogP contribution in [0, 0.1) is 0 Å². The van der Waals surface area contributed by atoms with E-state index in [1.54, 1.807) is 12.3 Å². The molecule has 0 saturated carbocycles. The number of hydrogen-bond donors (Lipinski definition) is 0. The van der Waals surface area contributed by atoms with Gasteiger partial charge >= 0.3 is 0 Å². The lowest BCUT2D eigenvalue weighted by Crippen LogP contribution is -2.25. The van der Waals surface area contributed by atoms with Gasteiger partial charge in [0.2, 0.25) is 0 Å². The summed E-state index contributed by atoms with van der Waals surface area (Å²) in [6.07, 6.45) is 1.71. The lowest BCUT2D eigenvalue weighted by atomic mass is 10.1. The maximum Gasteiger partial charge on any atom is 0.159 e. The topological polar surface area (TPSA) is 35.0 Å². The van der Waals surface area contributed by atoms with Gasteiger partial charge in [-0.3, -0.25) is 0 Å². The van der Waals surface area contributed by atoms with Crippen molar-refractivity contribution in [2.45, 2.75) is 32.3 Å². The number of rotatable bonds is 4. The Morgan fingerprint density at radius 3 is 2.79 bits per heavy atom. The number of halogens is 1. The molecule has 0 bridgehead atoms. The molecule has 0 atom stereocenters. The molecule has 0 spiro atoms. The predicted octanol–water partition coefficient (Wildman–Crippen LogP) is 2.49. The van der Waals surface area contributed by atoms with Crippen LogP contribution in [0.25, 0.3) is 0 Å². The van der Waals surface area contributed by atoms with Crippen LogP contribution in [0.4, 0.5) is 0 Å². The maximum absolute atomic E-state index is 5.69. The SMILES string of the molecule is CCOC(C)(C)c1nccc(CCl)n1. The summed E-state index contributed by atoms with van der Waals surface area (Å²) >= 11 is 5.69. The van der Waals surface area contributed by atoms with Crippen molar-refractivity contribution in [2.75, 3.05) is 6.61 Å². The van der Waals surface area contributed by atoms with Crippen LogP contribution in [0.1, 0.15) is 32.3 Å². The average Bonchev–Trinajstić information content (AvgIpc) is 2.18. The number of ether oxygens (including phenoxy) is 1. The quantitative estimate of drug-likeness (QED) is 0.723. The van der Waals surface area contributed by atoms with Crippen LogP contribution >= 0.6 is 11.6 Å². The Kier molecular flexibility index (Phi) is 3.84. The fourth-order valence-corrected chi connectivity index (χ4v) is 1.33. The molecule has 0 amide bonds. The van der Waals surface area contributed by atoms with E-state index in [0.717, 1.165) is 5.69 Å². The van der Waals surface area contributed by atoms with E-state index in [0.29, 0.717) is 18.3 Å². The molecule has 0 aliphatic carbocycles. The molecule has 3 nitrogen and oxygen atoms in total. The highest BCUT2D eigenvalue weighted by Crippen LogP contribution is 2.20. The van der Waals surface area contributed by atoms with Crippen molar-refractivity contribution < 1.29 is 4.74 Å². The zero-order valence-corrected chi connectivity index (χ0v) is 9.51. The van der Waals surface area contributed by atoms with Crippen molar-refractivity contribution in [1.82, 2.24) is 9.97 Å². The summed E-state index contributed by atoms with van der Waals surface area (Å²) in [6, 6.07) is 1.80. The second kappa shape index (κ2) is 4.71. The van der Waals surface area contributed by atoms with E-state index in [-0.39, 0.29) is 0 Å². The zero-order valence-electron chi connectivity index (χ0n) is 8.75. The monoisotopic (exact) mass is 214 g/mol. The van der Waals surface area contributed by atoms with Crippen molar-refractivity contribution >= 4 is 11.6 Å². The lowest BCUT2D eigenvalue weighted by molar-refractivity contribution is -0.0209. The standard InChI is InChI=1S/C10H15ClN2O/c1-4-14-10(2,3)9-12-6-5-8(7-11)13-9/h5-6H,4,7H2,1-3H3. The van der Waals surface area contributed by atoms with Gasteiger partial charge in [0.1, 0.15) is 5.60 Å². The molecule has 0 fully saturated rings. The Balaban J connectivity index is 2.93. The van der Waals surface area contributed by atoms with E-state index in [1.807, 2.05) is 20.8 Å². The zero-order chi connectivity index (χ0) is 10.6. The summed E-state index contributed by atoms with van der Waals surface area (Å²) in [6.45, 7) is 6.49. The molecule has 1 aromatic heterocycles. The van der Waals surface area contributed by atoms with E-state index in [9.17, 15) is 0 Å². The summed E-state index contributed by atoms with van der Waals surface area (Å²) < 4.78 is 5.55. The number of aromatic nitrogens is 2. The van der Waals surface area contributed by atoms with Crippen LogP contribution in [0.15, 0.2) is 12.3 Å². The molecule has 0 radical (unpaired) electrons. The first-order valence-electron chi connectivity index (χ1n) is 4.62. The molecule has 78 valence electrons. The molecule has 0 aliphatic heterocycles. The highest BCUT2D eigenvalue weighted by atomic mass is 35.5. The Labute approximate surface area is 89.5 Å². The number of nitrogens with zero attached hydrogens (tertiary/aromatic N) is 2. The molecule has 1 aromatic rings. The summed E-state index contributed by atoms with van der Waals surface area (Å²) in [5.41, 5.74) is 0.376. The van der Waals surface area contributed by atoms with Gasteiger partial charge in [-0.2, -0.15) is 0 Å². The lowest BCUT2D eigenvalue weighted by Gasteiger charge is -2.22. The molecule has 4 heteroatoms. The Morgan fingerprint density at radius 1 is 1.50 bits per heavy atom. The molecule has 14 heavy (non-hydrogen) atoms. The third-order valence-corrected chi connectivity index (χ3v) is 2.17. The second-order valence-electron chi connectivity index (χ2n) is 3.45. The van der Waals surface area contributed by atoms with Gasteiger partial charge in [-0.15, -0.1) is 11.6 Å². The van der Waals surface area contributed by atoms with Gasteiger partial charge in [0.15, 0.2) is 5.82 Å². The predicted molar refractivity (Wildman–Crippen MR) is 56.2 cm³/mol. The van der Waals surface area contributed by atoms with Crippen LogP contribution in [0.3, 0.4) is 0 Å². The average molecular weight is 215 g/mol. The Bertz CT molecular complexity index is 302. The van der Waals surface area contributed by atoms with Crippen LogP contribution in [0.5, 0.6) is 0 Å². The van der Waals surface area contributed by atoms with Gasteiger partial charge in [-0.1, -0.05) is 0 Å². The molecular formula is C10H15ClN2O. The van der Waals surface area contributed by atoms with Gasteiger partial charge in [0, 0.05) is 12.8 Å².